The molecule has 1 heterocycles. The second kappa shape index (κ2) is 7.79. The summed E-state index contributed by atoms with van der Waals surface area (Å²) in [5, 5.41) is 3.79. The van der Waals surface area contributed by atoms with Crippen molar-refractivity contribution in [2.45, 2.75) is 29.8 Å². The van der Waals surface area contributed by atoms with Gasteiger partial charge in [-0.2, -0.15) is 0 Å². The maximum absolute atomic E-state index is 12.8. The van der Waals surface area contributed by atoms with E-state index in [1.54, 1.807) is 18.7 Å². The molecule has 0 radical (unpaired) electrons. The molecule has 2 aromatic carbocycles. The number of fused-ring (bicyclic) bond motifs is 1. The van der Waals surface area contributed by atoms with Gasteiger partial charge in [-0.15, -0.1) is 24.2 Å². The topological polar surface area (TPSA) is 55.1 Å². The first kappa shape index (κ1) is 19.1. The van der Waals surface area contributed by atoms with Crippen LogP contribution in [0.3, 0.4) is 0 Å². The molecule has 0 bridgehead atoms. The molecule has 128 valence electrons. The van der Waals surface area contributed by atoms with Crippen LogP contribution in [0, 0.1) is 0 Å². The second-order valence-electron chi connectivity index (χ2n) is 5.91. The van der Waals surface area contributed by atoms with Crippen LogP contribution in [0.25, 0.3) is 0 Å². The van der Waals surface area contributed by atoms with E-state index in [0.29, 0.717) is 5.02 Å². The van der Waals surface area contributed by atoms with Crippen LogP contribution >= 0.6 is 35.8 Å². The van der Waals surface area contributed by atoms with Crippen molar-refractivity contribution in [3.05, 3.63) is 64.7 Å². The van der Waals surface area contributed by atoms with Crippen molar-refractivity contribution in [1.29, 1.82) is 0 Å². The Balaban J connectivity index is 0.00000208. The minimum atomic E-state index is -1.06. The number of carbonyl (C=O) groups excluding carboxylic acids is 1. The van der Waals surface area contributed by atoms with Crippen LogP contribution < -0.4 is 11.1 Å². The molecule has 1 aliphatic heterocycles. The van der Waals surface area contributed by atoms with E-state index in [1.807, 2.05) is 48.5 Å². The zero-order chi connectivity index (χ0) is 16.4. The lowest BCUT2D eigenvalue weighted by Crippen LogP contribution is -2.50. The Labute approximate surface area is 157 Å². The van der Waals surface area contributed by atoms with Gasteiger partial charge in [-0.1, -0.05) is 41.9 Å². The average molecular weight is 383 g/mol. The van der Waals surface area contributed by atoms with Crippen LogP contribution in [-0.4, -0.2) is 11.7 Å². The largest absolute Gasteiger partial charge is 0.347 e. The highest BCUT2D eigenvalue weighted by Crippen LogP contribution is 2.38. The minimum absolute atomic E-state index is 0. The quantitative estimate of drug-likeness (QED) is 0.832. The molecule has 2 unspecified atom stereocenters. The summed E-state index contributed by atoms with van der Waals surface area (Å²) in [6.07, 6.45) is 0.870. The highest BCUT2D eigenvalue weighted by Gasteiger charge is 2.33. The monoisotopic (exact) mass is 382 g/mol. The molecule has 0 saturated heterocycles. The highest BCUT2D eigenvalue weighted by atomic mass is 35.5. The van der Waals surface area contributed by atoms with Crippen molar-refractivity contribution in [3.8, 4) is 0 Å². The van der Waals surface area contributed by atoms with Gasteiger partial charge in [0.15, 0.2) is 0 Å². The van der Waals surface area contributed by atoms with E-state index in [9.17, 15) is 4.79 Å². The van der Waals surface area contributed by atoms with E-state index >= 15 is 0 Å². The maximum atomic E-state index is 12.8. The Morgan fingerprint density at radius 3 is 2.71 bits per heavy atom. The average Bonchev–Trinajstić information content (AvgIpc) is 2.56. The lowest BCUT2D eigenvalue weighted by molar-refractivity contribution is -0.126. The van der Waals surface area contributed by atoms with E-state index < -0.39 is 5.54 Å². The molecule has 24 heavy (non-hydrogen) atoms. The van der Waals surface area contributed by atoms with Crippen molar-refractivity contribution in [2.24, 2.45) is 5.73 Å². The number of benzene rings is 2. The molecule has 1 aliphatic rings. The SMILES string of the molecule is CC(N)(C(=O)NC1CCSc2ccc(Cl)cc21)c1ccccc1.Cl. The Bertz CT molecular complexity index is 722. The van der Waals surface area contributed by atoms with Crippen molar-refractivity contribution < 1.29 is 4.79 Å². The molecule has 0 fully saturated rings. The fourth-order valence-electron chi connectivity index (χ4n) is 2.74. The molecule has 3 nitrogen and oxygen atoms in total. The van der Waals surface area contributed by atoms with Gasteiger partial charge in [0.2, 0.25) is 5.91 Å². The minimum Gasteiger partial charge on any atom is -0.347 e. The number of carbonyl (C=O) groups is 1. The van der Waals surface area contributed by atoms with Crippen LogP contribution in [0.4, 0.5) is 0 Å². The number of hydrogen-bond acceptors (Lipinski definition) is 3. The van der Waals surface area contributed by atoms with Crippen LogP contribution in [0.2, 0.25) is 5.02 Å². The van der Waals surface area contributed by atoms with Gasteiger partial charge in [0.05, 0.1) is 6.04 Å². The van der Waals surface area contributed by atoms with Crippen molar-refractivity contribution >= 4 is 41.7 Å². The summed E-state index contributed by atoms with van der Waals surface area (Å²) in [4.78, 5) is 13.9. The summed E-state index contributed by atoms with van der Waals surface area (Å²) in [5.41, 5.74) is 7.12. The molecule has 0 aromatic heterocycles. The van der Waals surface area contributed by atoms with E-state index in [4.69, 9.17) is 17.3 Å². The van der Waals surface area contributed by atoms with Gasteiger partial charge >= 0.3 is 0 Å². The smallest absolute Gasteiger partial charge is 0.244 e. The van der Waals surface area contributed by atoms with Crippen LogP contribution in [0.1, 0.15) is 30.5 Å². The van der Waals surface area contributed by atoms with Crippen LogP contribution in [-0.2, 0) is 10.3 Å². The van der Waals surface area contributed by atoms with E-state index in [0.717, 1.165) is 23.3 Å². The Hall–Kier alpha value is -1.20. The van der Waals surface area contributed by atoms with Gasteiger partial charge < -0.3 is 11.1 Å². The van der Waals surface area contributed by atoms with Crippen molar-refractivity contribution in [1.82, 2.24) is 5.32 Å². The number of thioether (sulfide) groups is 1. The zero-order valence-corrected chi connectivity index (χ0v) is 15.7. The maximum Gasteiger partial charge on any atom is 0.244 e. The van der Waals surface area contributed by atoms with Gasteiger partial charge in [0.25, 0.3) is 0 Å². The fraction of sp³-hybridized carbons (Fsp3) is 0.278. The summed E-state index contributed by atoms with van der Waals surface area (Å²) in [6.45, 7) is 1.74. The third kappa shape index (κ3) is 3.89. The number of amides is 1. The Kier molecular flexibility index (Phi) is 6.21. The summed E-state index contributed by atoms with van der Waals surface area (Å²) >= 11 is 7.91. The first-order valence-electron chi connectivity index (χ1n) is 7.56. The number of nitrogens with two attached hydrogens (primary N) is 1. The molecule has 2 atom stereocenters. The number of rotatable bonds is 3. The molecule has 0 aliphatic carbocycles. The molecular formula is C18H20Cl2N2OS. The lowest BCUT2D eigenvalue weighted by Gasteiger charge is -2.31. The molecule has 0 saturated carbocycles. The molecule has 6 heteroatoms. The standard InChI is InChI=1S/C18H19ClN2OS.ClH/c1-18(20,12-5-3-2-4-6-12)17(22)21-15-9-10-23-16-8-7-13(19)11-14(15)16;/h2-8,11,15H,9-10,20H2,1H3,(H,21,22);1H. The van der Waals surface area contributed by atoms with Crippen molar-refractivity contribution in [2.75, 3.05) is 5.75 Å². The first-order chi connectivity index (χ1) is 11.0. The summed E-state index contributed by atoms with van der Waals surface area (Å²) < 4.78 is 0. The van der Waals surface area contributed by atoms with Gasteiger partial charge in [0, 0.05) is 15.7 Å². The first-order valence-corrected chi connectivity index (χ1v) is 8.92. The molecular weight excluding hydrogens is 363 g/mol. The third-order valence-corrected chi connectivity index (χ3v) is 5.52. The molecule has 3 N–H and O–H groups in total. The molecule has 1 amide bonds. The van der Waals surface area contributed by atoms with Crippen LogP contribution in [0.15, 0.2) is 53.4 Å². The summed E-state index contributed by atoms with van der Waals surface area (Å²) in [6, 6.07) is 15.2. The van der Waals surface area contributed by atoms with Crippen molar-refractivity contribution in [3.63, 3.8) is 0 Å². The van der Waals surface area contributed by atoms with E-state index in [2.05, 4.69) is 5.32 Å². The lowest BCUT2D eigenvalue weighted by atomic mass is 9.91. The predicted octanol–water partition coefficient (Wildman–Crippen LogP) is 4.29. The normalized spacial score (nSPS) is 18.7. The van der Waals surface area contributed by atoms with Gasteiger partial charge in [-0.05, 0) is 42.7 Å². The zero-order valence-electron chi connectivity index (χ0n) is 13.3. The second-order valence-corrected chi connectivity index (χ2v) is 7.49. The number of halogens is 2. The van der Waals surface area contributed by atoms with E-state index in [-0.39, 0.29) is 24.4 Å². The highest BCUT2D eigenvalue weighted by molar-refractivity contribution is 7.99. The number of hydrogen-bond donors (Lipinski definition) is 2. The predicted molar refractivity (Wildman–Crippen MR) is 103 cm³/mol. The fourth-order valence-corrected chi connectivity index (χ4v) is 4.02. The Morgan fingerprint density at radius 2 is 2.00 bits per heavy atom. The van der Waals surface area contributed by atoms with E-state index in [1.165, 1.54) is 4.90 Å². The van der Waals surface area contributed by atoms with Gasteiger partial charge in [-0.25, -0.2) is 0 Å². The summed E-state index contributed by atoms with van der Waals surface area (Å²) in [5.74, 6) is 0.790. The Morgan fingerprint density at radius 1 is 1.29 bits per heavy atom. The van der Waals surface area contributed by atoms with Crippen LogP contribution in [0.5, 0.6) is 0 Å². The van der Waals surface area contributed by atoms with Gasteiger partial charge in [0.1, 0.15) is 5.54 Å². The molecule has 2 aromatic rings. The third-order valence-electron chi connectivity index (χ3n) is 4.16. The molecule has 3 rings (SSSR count). The number of nitrogens with one attached hydrogen (secondary N) is 1. The summed E-state index contributed by atoms with van der Waals surface area (Å²) in [7, 11) is 0. The molecule has 0 spiro atoms. The van der Waals surface area contributed by atoms with Gasteiger partial charge in [-0.3, -0.25) is 4.79 Å².